The van der Waals surface area contributed by atoms with Gasteiger partial charge in [-0.3, -0.25) is 4.79 Å². The van der Waals surface area contributed by atoms with Crippen molar-refractivity contribution in [1.82, 2.24) is 0 Å². The van der Waals surface area contributed by atoms with E-state index in [9.17, 15) is 4.79 Å². The van der Waals surface area contributed by atoms with Crippen LogP contribution in [0.3, 0.4) is 0 Å². The molecule has 3 aromatic carbocycles. The second kappa shape index (κ2) is 9.94. The molecule has 0 aliphatic heterocycles. The van der Waals surface area contributed by atoms with Gasteiger partial charge in [-0.2, -0.15) is 0 Å². The summed E-state index contributed by atoms with van der Waals surface area (Å²) in [5.74, 6) is -0.187. The van der Waals surface area contributed by atoms with Gasteiger partial charge in [0.1, 0.15) is 0 Å². The zero-order valence-electron chi connectivity index (χ0n) is 17.1. The topological polar surface area (TPSA) is 29.5 Å². The Bertz CT molecular complexity index is 1140. The summed E-state index contributed by atoms with van der Waals surface area (Å²) in [5.41, 5.74) is 5.57. The number of aryl methyl sites for hydroxylation is 1. The molecule has 0 amide bonds. The van der Waals surface area contributed by atoms with Crippen LogP contribution < -0.4 is 4.90 Å². The minimum absolute atomic E-state index is 0.187. The van der Waals surface area contributed by atoms with E-state index in [1.165, 1.54) is 17.6 Å². The van der Waals surface area contributed by atoms with Crippen molar-refractivity contribution in [3.63, 3.8) is 0 Å². The minimum atomic E-state index is -0.187. The molecule has 0 aliphatic carbocycles. The van der Waals surface area contributed by atoms with Crippen LogP contribution in [0.15, 0.2) is 94.8 Å². The summed E-state index contributed by atoms with van der Waals surface area (Å²) >= 11 is 5.27. The van der Waals surface area contributed by atoms with Crippen LogP contribution in [-0.2, 0) is 16.0 Å². The van der Waals surface area contributed by atoms with Crippen LogP contribution in [-0.4, -0.2) is 13.1 Å². The van der Waals surface area contributed by atoms with Crippen molar-refractivity contribution >= 4 is 50.3 Å². The van der Waals surface area contributed by atoms with E-state index in [1.54, 1.807) is 11.3 Å². The smallest absolute Gasteiger partial charge is 0.305 e. The highest BCUT2D eigenvalue weighted by atomic mass is 79.9. The number of halogens is 1. The molecular weight excluding hydrogens is 470 g/mol. The van der Waals surface area contributed by atoms with Gasteiger partial charge in [-0.05, 0) is 82.0 Å². The van der Waals surface area contributed by atoms with E-state index in [0.717, 1.165) is 26.4 Å². The lowest BCUT2D eigenvalue weighted by molar-refractivity contribution is -0.140. The molecule has 31 heavy (non-hydrogen) atoms. The maximum absolute atomic E-state index is 11.4. The fourth-order valence-corrected chi connectivity index (χ4v) is 4.82. The Morgan fingerprint density at radius 3 is 2.03 bits per heavy atom. The van der Waals surface area contributed by atoms with Gasteiger partial charge in [0.15, 0.2) is 0 Å². The van der Waals surface area contributed by atoms with Crippen molar-refractivity contribution in [2.24, 2.45) is 0 Å². The minimum Gasteiger partial charge on any atom is -0.469 e. The first-order valence-electron chi connectivity index (χ1n) is 10.0. The monoisotopic (exact) mass is 491 g/mol. The molecular formula is C26H22BrNO2S. The molecule has 0 saturated carbocycles. The number of ether oxygens (including phenoxy) is 1. The molecule has 0 N–H and O–H groups in total. The van der Waals surface area contributed by atoms with Crippen LogP contribution in [0.5, 0.6) is 0 Å². The number of para-hydroxylation sites is 1. The zero-order chi connectivity index (χ0) is 21.6. The SMILES string of the molecule is COC(=O)CCc1ccc(N(c2ccccc2)c2ccc(-c3ccc(Br)s3)cc2)cc1. The molecule has 0 unspecified atom stereocenters. The second-order valence-electron chi connectivity index (χ2n) is 7.06. The van der Waals surface area contributed by atoms with Crippen LogP contribution in [0, 0.1) is 0 Å². The van der Waals surface area contributed by atoms with Gasteiger partial charge in [-0.1, -0.05) is 42.5 Å². The van der Waals surface area contributed by atoms with Crippen LogP contribution >= 0.6 is 27.3 Å². The van der Waals surface area contributed by atoms with Gasteiger partial charge in [0.05, 0.1) is 10.9 Å². The number of benzene rings is 3. The third kappa shape index (κ3) is 5.24. The number of anilines is 3. The Kier molecular flexibility index (Phi) is 6.85. The lowest BCUT2D eigenvalue weighted by atomic mass is 10.1. The number of thiophene rings is 1. The van der Waals surface area contributed by atoms with Crippen LogP contribution in [0.25, 0.3) is 10.4 Å². The second-order valence-corrected chi connectivity index (χ2v) is 9.53. The van der Waals surface area contributed by atoms with Gasteiger partial charge in [0.25, 0.3) is 0 Å². The summed E-state index contributed by atoms with van der Waals surface area (Å²) in [7, 11) is 1.42. The molecule has 0 bridgehead atoms. The highest BCUT2D eigenvalue weighted by Gasteiger charge is 2.13. The van der Waals surface area contributed by atoms with E-state index in [-0.39, 0.29) is 5.97 Å². The van der Waals surface area contributed by atoms with Crippen molar-refractivity contribution in [3.05, 3.63) is 100 Å². The van der Waals surface area contributed by atoms with E-state index in [1.807, 2.05) is 18.2 Å². The van der Waals surface area contributed by atoms with Crippen LogP contribution in [0.2, 0.25) is 0 Å². The Labute approximate surface area is 195 Å². The first-order chi connectivity index (χ1) is 15.1. The average molecular weight is 492 g/mol. The molecule has 1 aromatic heterocycles. The average Bonchev–Trinajstić information content (AvgIpc) is 3.26. The first kappa shape index (κ1) is 21.3. The third-order valence-electron chi connectivity index (χ3n) is 5.04. The predicted octanol–water partition coefficient (Wildman–Crippen LogP) is 7.75. The van der Waals surface area contributed by atoms with Crippen molar-refractivity contribution in [2.45, 2.75) is 12.8 Å². The fourth-order valence-electron chi connectivity index (χ4n) is 3.43. The Morgan fingerprint density at radius 2 is 1.45 bits per heavy atom. The number of esters is 1. The summed E-state index contributed by atoms with van der Waals surface area (Å²) < 4.78 is 5.87. The highest BCUT2D eigenvalue weighted by molar-refractivity contribution is 9.11. The molecule has 0 spiro atoms. The summed E-state index contributed by atoms with van der Waals surface area (Å²) in [6.45, 7) is 0. The van der Waals surface area contributed by atoms with E-state index >= 15 is 0 Å². The van der Waals surface area contributed by atoms with Gasteiger partial charge in [-0.25, -0.2) is 0 Å². The van der Waals surface area contributed by atoms with E-state index in [0.29, 0.717) is 12.8 Å². The Morgan fingerprint density at radius 1 is 0.839 bits per heavy atom. The van der Waals surface area contributed by atoms with E-state index in [4.69, 9.17) is 4.74 Å². The van der Waals surface area contributed by atoms with E-state index < -0.39 is 0 Å². The highest BCUT2D eigenvalue weighted by Crippen LogP contribution is 2.37. The third-order valence-corrected chi connectivity index (χ3v) is 6.71. The number of carbonyl (C=O) groups excluding carboxylic acids is 1. The van der Waals surface area contributed by atoms with Crippen molar-refractivity contribution in [3.8, 4) is 10.4 Å². The zero-order valence-corrected chi connectivity index (χ0v) is 19.5. The van der Waals surface area contributed by atoms with Crippen molar-refractivity contribution in [1.29, 1.82) is 0 Å². The van der Waals surface area contributed by atoms with Crippen molar-refractivity contribution < 1.29 is 9.53 Å². The molecule has 0 fully saturated rings. The van der Waals surface area contributed by atoms with Gasteiger partial charge >= 0.3 is 5.97 Å². The van der Waals surface area contributed by atoms with Crippen LogP contribution in [0.1, 0.15) is 12.0 Å². The fraction of sp³-hybridized carbons (Fsp3) is 0.115. The van der Waals surface area contributed by atoms with Gasteiger partial charge < -0.3 is 9.64 Å². The molecule has 0 atom stereocenters. The van der Waals surface area contributed by atoms with E-state index in [2.05, 4.69) is 93.6 Å². The standard InChI is InChI=1S/C26H22BrNO2S/c1-30-26(29)18-9-19-7-12-22(13-8-19)28(21-5-3-2-4-6-21)23-14-10-20(11-15-23)24-16-17-25(27)31-24/h2-8,10-17H,9,18H2,1H3. The Balaban J connectivity index is 1.63. The molecule has 5 heteroatoms. The molecule has 156 valence electrons. The summed E-state index contributed by atoms with van der Waals surface area (Å²) in [4.78, 5) is 14.9. The first-order valence-corrected chi connectivity index (χ1v) is 11.6. The van der Waals surface area contributed by atoms with Gasteiger partial charge in [-0.15, -0.1) is 11.3 Å². The summed E-state index contributed by atoms with van der Waals surface area (Å²) in [6.07, 6.45) is 1.06. The van der Waals surface area contributed by atoms with Crippen LogP contribution in [0.4, 0.5) is 17.1 Å². The summed E-state index contributed by atoms with van der Waals surface area (Å²) in [6, 6.07) is 31.5. The Hall–Kier alpha value is -2.89. The number of hydrogen-bond acceptors (Lipinski definition) is 4. The lowest BCUT2D eigenvalue weighted by Crippen LogP contribution is -2.10. The van der Waals surface area contributed by atoms with Crippen molar-refractivity contribution in [2.75, 3.05) is 12.0 Å². The number of carbonyl (C=O) groups is 1. The number of hydrogen-bond donors (Lipinski definition) is 0. The van der Waals surface area contributed by atoms with Gasteiger partial charge in [0.2, 0.25) is 0 Å². The molecule has 3 nitrogen and oxygen atoms in total. The molecule has 0 saturated heterocycles. The van der Waals surface area contributed by atoms with Gasteiger partial charge in [0, 0.05) is 28.4 Å². The maximum atomic E-state index is 11.4. The maximum Gasteiger partial charge on any atom is 0.305 e. The largest absolute Gasteiger partial charge is 0.469 e. The predicted molar refractivity (Wildman–Crippen MR) is 132 cm³/mol. The molecule has 0 radical (unpaired) electrons. The number of methoxy groups -OCH3 is 1. The quantitative estimate of drug-likeness (QED) is 0.247. The molecule has 4 rings (SSSR count). The molecule has 0 aliphatic rings. The molecule has 4 aromatic rings. The molecule has 1 heterocycles. The number of rotatable bonds is 7. The lowest BCUT2D eigenvalue weighted by Gasteiger charge is -2.25. The summed E-state index contributed by atoms with van der Waals surface area (Å²) in [5, 5.41) is 0. The normalized spacial score (nSPS) is 10.6. The number of nitrogens with zero attached hydrogens (tertiary/aromatic N) is 1.